The maximum atomic E-state index is 11.5. The third-order valence-corrected chi connectivity index (χ3v) is 5.78. The van der Waals surface area contributed by atoms with E-state index < -0.39 is 9.84 Å². The zero-order chi connectivity index (χ0) is 14.5. The average molecular weight is 292 g/mol. The summed E-state index contributed by atoms with van der Waals surface area (Å²) >= 11 is 0. The van der Waals surface area contributed by atoms with Crippen molar-refractivity contribution in [1.29, 1.82) is 0 Å². The first-order valence-corrected chi connectivity index (χ1v) is 8.77. The minimum absolute atomic E-state index is 0.139. The third kappa shape index (κ3) is 5.35. The van der Waals surface area contributed by atoms with Gasteiger partial charge in [-0.15, -0.1) is 0 Å². The Bertz CT molecular complexity index is 361. The normalized spacial score (nSPS) is 24.5. The molecule has 0 spiro atoms. The highest BCUT2D eigenvalue weighted by Crippen LogP contribution is 2.14. The Morgan fingerprint density at radius 2 is 2.05 bits per heavy atom. The van der Waals surface area contributed by atoms with Crippen LogP contribution >= 0.6 is 0 Å². The van der Waals surface area contributed by atoms with Gasteiger partial charge in [-0.2, -0.15) is 0 Å². The topological polar surface area (TPSA) is 78.7 Å². The van der Waals surface area contributed by atoms with Crippen LogP contribution < -0.4 is 11.3 Å². The van der Waals surface area contributed by atoms with Crippen LogP contribution in [0.1, 0.15) is 19.8 Å². The SMILES string of the molecule is CCS(=O)(=O)CCCC(NN)C1CN(C)CCN1C. The summed E-state index contributed by atoms with van der Waals surface area (Å²) in [7, 11) is 1.34. The molecule has 7 heteroatoms. The molecular weight excluding hydrogens is 264 g/mol. The number of nitrogens with zero attached hydrogens (tertiary/aromatic N) is 2. The largest absolute Gasteiger partial charge is 0.303 e. The van der Waals surface area contributed by atoms with Crippen LogP contribution in [0.25, 0.3) is 0 Å². The molecule has 0 radical (unpaired) electrons. The van der Waals surface area contributed by atoms with Gasteiger partial charge in [-0.3, -0.25) is 16.2 Å². The van der Waals surface area contributed by atoms with Gasteiger partial charge in [0.25, 0.3) is 0 Å². The number of hydrogen-bond acceptors (Lipinski definition) is 6. The highest BCUT2D eigenvalue weighted by molar-refractivity contribution is 7.91. The molecule has 114 valence electrons. The minimum Gasteiger partial charge on any atom is -0.303 e. The van der Waals surface area contributed by atoms with Crippen molar-refractivity contribution >= 4 is 9.84 Å². The number of piperazine rings is 1. The van der Waals surface area contributed by atoms with Crippen molar-refractivity contribution in [1.82, 2.24) is 15.2 Å². The van der Waals surface area contributed by atoms with E-state index in [4.69, 9.17) is 5.84 Å². The number of likely N-dealkylation sites (N-methyl/N-ethyl adjacent to an activating group) is 2. The molecule has 0 aromatic carbocycles. The molecule has 0 saturated carbocycles. The summed E-state index contributed by atoms with van der Waals surface area (Å²) in [5, 5.41) is 0. The van der Waals surface area contributed by atoms with Gasteiger partial charge in [0, 0.05) is 37.5 Å². The lowest BCUT2D eigenvalue weighted by Crippen LogP contribution is -2.59. The fraction of sp³-hybridized carbons (Fsp3) is 1.00. The van der Waals surface area contributed by atoms with Crippen LogP contribution in [0.2, 0.25) is 0 Å². The van der Waals surface area contributed by atoms with Crippen LogP contribution in [0.15, 0.2) is 0 Å². The fourth-order valence-electron chi connectivity index (χ4n) is 2.53. The summed E-state index contributed by atoms with van der Waals surface area (Å²) in [6.07, 6.45) is 1.46. The number of sulfone groups is 1. The first kappa shape index (κ1) is 16.8. The number of hydrogen-bond donors (Lipinski definition) is 2. The second-order valence-corrected chi connectivity index (χ2v) is 7.93. The van der Waals surface area contributed by atoms with Gasteiger partial charge >= 0.3 is 0 Å². The van der Waals surface area contributed by atoms with Gasteiger partial charge in [0.2, 0.25) is 0 Å². The highest BCUT2D eigenvalue weighted by Gasteiger charge is 2.29. The first-order valence-electron chi connectivity index (χ1n) is 6.95. The van der Waals surface area contributed by atoms with Crippen molar-refractivity contribution in [2.45, 2.75) is 31.8 Å². The molecule has 3 N–H and O–H groups in total. The van der Waals surface area contributed by atoms with Crippen LogP contribution in [-0.4, -0.2) is 75.5 Å². The van der Waals surface area contributed by atoms with E-state index in [0.717, 1.165) is 26.1 Å². The standard InChI is InChI=1S/C12H28N4O2S/c1-4-19(17,18)9-5-6-11(14-13)12-10-15(2)7-8-16(12)3/h11-12,14H,4-10,13H2,1-3H3. The smallest absolute Gasteiger partial charge is 0.150 e. The van der Waals surface area contributed by atoms with Gasteiger partial charge in [0.05, 0.1) is 5.75 Å². The lowest BCUT2D eigenvalue weighted by atomic mass is 10.0. The summed E-state index contributed by atoms with van der Waals surface area (Å²) in [5.41, 5.74) is 2.86. The van der Waals surface area contributed by atoms with Gasteiger partial charge < -0.3 is 4.90 Å². The van der Waals surface area contributed by atoms with Crippen molar-refractivity contribution < 1.29 is 8.42 Å². The molecule has 0 aliphatic carbocycles. The molecule has 1 aliphatic heterocycles. The van der Waals surface area contributed by atoms with Gasteiger partial charge in [-0.1, -0.05) is 6.92 Å². The molecule has 0 aromatic heterocycles. The van der Waals surface area contributed by atoms with Gasteiger partial charge in [-0.25, -0.2) is 8.42 Å². The zero-order valence-corrected chi connectivity index (χ0v) is 13.1. The molecule has 1 saturated heterocycles. The predicted molar refractivity (Wildman–Crippen MR) is 78.6 cm³/mol. The summed E-state index contributed by atoms with van der Waals surface area (Å²) in [4.78, 5) is 4.59. The Labute approximate surface area is 117 Å². The molecule has 2 unspecified atom stereocenters. The number of hydrazine groups is 1. The molecule has 2 atom stereocenters. The van der Waals surface area contributed by atoms with Crippen molar-refractivity contribution in [2.24, 2.45) is 5.84 Å². The van der Waals surface area contributed by atoms with E-state index in [1.807, 2.05) is 0 Å². The Morgan fingerprint density at radius 1 is 1.37 bits per heavy atom. The van der Waals surface area contributed by atoms with Gasteiger partial charge in [0.1, 0.15) is 9.84 Å². The van der Waals surface area contributed by atoms with E-state index >= 15 is 0 Å². The maximum Gasteiger partial charge on any atom is 0.150 e. The van der Waals surface area contributed by atoms with Crippen LogP contribution in [-0.2, 0) is 9.84 Å². The molecule has 0 amide bonds. The highest BCUT2D eigenvalue weighted by atomic mass is 32.2. The molecule has 19 heavy (non-hydrogen) atoms. The second kappa shape index (κ2) is 7.54. The zero-order valence-electron chi connectivity index (χ0n) is 12.3. The van der Waals surface area contributed by atoms with Crippen LogP contribution in [0.5, 0.6) is 0 Å². The summed E-state index contributed by atoms with van der Waals surface area (Å²) in [6.45, 7) is 4.74. The molecule has 1 rings (SSSR count). The van der Waals surface area contributed by atoms with Gasteiger partial charge in [0.15, 0.2) is 0 Å². The molecule has 0 bridgehead atoms. The fourth-order valence-corrected chi connectivity index (χ4v) is 3.43. The maximum absolute atomic E-state index is 11.5. The van der Waals surface area contributed by atoms with E-state index in [-0.39, 0.29) is 17.5 Å². The van der Waals surface area contributed by atoms with E-state index in [1.165, 1.54) is 0 Å². The van der Waals surface area contributed by atoms with Crippen molar-refractivity contribution in [2.75, 3.05) is 45.2 Å². The van der Waals surface area contributed by atoms with E-state index in [0.29, 0.717) is 12.5 Å². The molecule has 6 nitrogen and oxygen atoms in total. The summed E-state index contributed by atoms with van der Waals surface area (Å²) < 4.78 is 23.0. The van der Waals surface area contributed by atoms with Crippen molar-refractivity contribution in [3.05, 3.63) is 0 Å². The Kier molecular flexibility index (Phi) is 6.68. The number of rotatable bonds is 7. The first-order chi connectivity index (χ1) is 8.89. The quantitative estimate of drug-likeness (QED) is 0.476. The predicted octanol–water partition coefficient (Wildman–Crippen LogP) is -0.721. The van der Waals surface area contributed by atoms with Gasteiger partial charge in [-0.05, 0) is 26.9 Å². The molecule has 0 aromatic rings. The Hall–Kier alpha value is -0.210. The summed E-state index contributed by atoms with van der Waals surface area (Å²) in [5.74, 6) is 6.13. The molecule has 1 heterocycles. The molecule has 1 fully saturated rings. The second-order valence-electron chi connectivity index (χ2n) is 5.46. The number of nitrogens with one attached hydrogen (secondary N) is 1. The Balaban J connectivity index is 2.48. The van der Waals surface area contributed by atoms with E-state index in [1.54, 1.807) is 6.92 Å². The lowest BCUT2D eigenvalue weighted by Gasteiger charge is -2.41. The van der Waals surface area contributed by atoms with Crippen LogP contribution in [0.3, 0.4) is 0 Å². The Morgan fingerprint density at radius 3 is 2.63 bits per heavy atom. The van der Waals surface area contributed by atoms with Crippen molar-refractivity contribution in [3.63, 3.8) is 0 Å². The minimum atomic E-state index is -2.87. The van der Waals surface area contributed by atoms with Crippen LogP contribution in [0.4, 0.5) is 0 Å². The monoisotopic (exact) mass is 292 g/mol. The third-order valence-electron chi connectivity index (χ3n) is 3.99. The van der Waals surface area contributed by atoms with E-state index in [2.05, 4.69) is 29.3 Å². The average Bonchev–Trinajstić information content (AvgIpc) is 2.38. The van der Waals surface area contributed by atoms with E-state index in [9.17, 15) is 8.42 Å². The molecular formula is C12H28N4O2S. The van der Waals surface area contributed by atoms with Crippen molar-refractivity contribution in [3.8, 4) is 0 Å². The molecule has 1 aliphatic rings. The lowest BCUT2D eigenvalue weighted by molar-refractivity contribution is 0.0851. The summed E-state index contributed by atoms with van der Waals surface area (Å²) in [6, 6.07) is 0.480. The van der Waals surface area contributed by atoms with Crippen LogP contribution in [0, 0.1) is 0 Å². The number of nitrogens with two attached hydrogens (primary N) is 1.